The second-order valence-corrected chi connectivity index (χ2v) is 5.93. The Kier molecular flexibility index (Phi) is 5.13. The summed E-state index contributed by atoms with van der Waals surface area (Å²) >= 11 is 0. The number of aryl methyl sites for hydroxylation is 1. The zero-order valence-corrected chi connectivity index (χ0v) is 14.1. The first-order valence-corrected chi connectivity index (χ1v) is 8.35. The molecule has 0 atom stereocenters. The minimum absolute atomic E-state index is 0. The van der Waals surface area contributed by atoms with Gasteiger partial charge in [0, 0.05) is 24.6 Å². The number of hydrogen-bond donors (Lipinski definition) is 2. The van der Waals surface area contributed by atoms with Crippen molar-refractivity contribution in [2.75, 3.05) is 18.4 Å². The van der Waals surface area contributed by atoms with Gasteiger partial charge in [0.25, 0.3) is 0 Å². The van der Waals surface area contributed by atoms with E-state index in [0.29, 0.717) is 6.54 Å². The standard InChI is InChI=1S/C17H20N8.CH4/c1-12-22-23-17-16(20-7-3-2-6-18)21-14-10-13(24-9-8-19-11-24)4-5-15(14)25(12)17;/h4-5,8-11H,2-3,6-7,18H2,1H3,(H,20,21);1H4. The molecule has 0 amide bonds. The SMILES string of the molecule is C.Cc1nnc2c(NCCCCN)nc3cc(-n4ccnc4)ccc3n12. The lowest BCUT2D eigenvalue weighted by molar-refractivity contribution is 0.772. The third-order valence-electron chi connectivity index (χ3n) is 4.19. The third-order valence-corrected chi connectivity index (χ3v) is 4.19. The molecule has 136 valence electrons. The number of anilines is 1. The number of benzene rings is 1. The van der Waals surface area contributed by atoms with Gasteiger partial charge >= 0.3 is 0 Å². The van der Waals surface area contributed by atoms with E-state index >= 15 is 0 Å². The quantitative estimate of drug-likeness (QED) is 0.517. The van der Waals surface area contributed by atoms with Crippen LogP contribution >= 0.6 is 0 Å². The molecule has 0 unspecified atom stereocenters. The highest BCUT2D eigenvalue weighted by atomic mass is 15.3. The molecule has 8 nitrogen and oxygen atoms in total. The summed E-state index contributed by atoms with van der Waals surface area (Å²) < 4.78 is 3.99. The van der Waals surface area contributed by atoms with E-state index < -0.39 is 0 Å². The maximum Gasteiger partial charge on any atom is 0.204 e. The predicted octanol–water partition coefficient (Wildman–Crippen LogP) is 2.56. The highest BCUT2D eigenvalue weighted by molar-refractivity contribution is 5.84. The highest BCUT2D eigenvalue weighted by Gasteiger charge is 2.13. The number of nitrogens with two attached hydrogens (primary N) is 1. The molecule has 3 N–H and O–H groups in total. The van der Waals surface area contributed by atoms with Gasteiger partial charge in [-0.05, 0) is 44.5 Å². The molecule has 3 aromatic heterocycles. The Morgan fingerprint density at radius 2 is 2.08 bits per heavy atom. The van der Waals surface area contributed by atoms with Gasteiger partial charge in [-0.25, -0.2) is 9.97 Å². The first-order chi connectivity index (χ1) is 12.3. The number of imidazole rings is 1. The summed E-state index contributed by atoms with van der Waals surface area (Å²) in [4.78, 5) is 8.89. The lowest BCUT2D eigenvalue weighted by Gasteiger charge is -2.11. The molecule has 1 aromatic carbocycles. The topological polar surface area (TPSA) is 99.0 Å². The fraction of sp³-hybridized carbons (Fsp3) is 0.333. The van der Waals surface area contributed by atoms with E-state index in [9.17, 15) is 0 Å². The van der Waals surface area contributed by atoms with Crippen LogP contribution in [0.4, 0.5) is 5.82 Å². The summed E-state index contributed by atoms with van der Waals surface area (Å²) in [5.74, 6) is 1.58. The van der Waals surface area contributed by atoms with Crippen LogP contribution in [0.1, 0.15) is 26.1 Å². The summed E-state index contributed by atoms with van der Waals surface area (Å²) in [6, 6.07) is 6.12. The number of unbranched alkanes of at least 4 members (excludes halogenated alkanes) is 1. The maximum atomic E-state index is 5.56. The molecule has 0 radical (unpaired) electrons. The maximum absolute atomic E-state index is 5.56. The Balaban J connectivity index is 0.00000196. The van der Waals surface area contributed by atoms with Crippen molar-refractivity contribution in [3.05, 3.63) is 42.7 Å². The van der Waals surface area contributed by atoms with Crippen molar-refractivity contribution in [3.8, 4) is 5.69 Å². The van der Waals surface area contributed by atoms with Gasteiger partial charge < -0.3 is 15.6 Å². The van der Waals surface area contributed by atoms with E-state index in [-0.39, 0.29) is 7.43 Å². The molecule has 0 saturated carbocycles. The van der Waals surface area contributed by atoms with E-state index in [1.807, 2.05) is 40.3 Å². The van der Waals surface area contributed by atoms with E-state index in [2.05, 4.69) is 20.5 Å². The van der Waals surface area contributed by atoms with Crippen molar-refractivity contribution >= 4 is 22.5 Å². The summed E-state index contributed by atoms with van der Waals surface area (Å²) in [7, 11) is 0. The number of nitrogens with zero attached hydrogens (tertiary/aromatic N) is 6. The summed E-state index contributed by atoms with van der Waals surface area (Å²) in [5, 5.41) is 11.9. The number of fused-ring (bicyclic) bond motifs is 3. The Hall–Kier alpha value is -3.00. The van der Waals surface area contributed by atoms with Crippen LogP contribution in [0, 0.1) is 6.92 Å². The first-order valence-electron chi connectivity index (χ1n) is 8.35. The lowest BCUT2D eigenvalue weighted by atomic mass is 10.2. The van der Waals surface area contributed by atoms with Crippen molar-refractivity contribution < 1.29 is 0 Å². The average molecular weight is 352 g/mol. The highest BCUT2D eigenvalue weighted by Crippen LogP contribution is 2.23. The van der Waals surface area contributed by atoms with Gasteiger partial charge in [0.05, 0.1) is 17.4 Å². The molecular formula is C18H24N8. The molecule has 0 aliphatic rings. The van der Waals surface area contributed by atoms with Crippen LogP contribution in [0.2, 0.25) is 0 Å². The van der Waals surface area contributed by atoms with Gasteiger partial charge in [-0.3, -0.25) is 4.40 Å². The fourth-order valence-corrected chi connectivity index (χ4v) is 2.93. The molecule has 4 rings (SSSR count). The Labute approximate surface area is 152 Å². The molecule has 0 aliphatic heterocycles. The van der Waals surface area contributed by atoms with Gasteiger partial charge in [-0.1, -0.05) is 7.43 Å². The van der Waals surface area contributed by atoms with Crippen LogP contribution in [-0.4, -0.2) is 42.2 Å². The molecule has 0 saturated heterocycles. The van der Waals surface area contributed by atoms with Crippen LogP contribution in [0.5, 0.6) is 0 Å². The fourth-order valence-electron chi connectivity index (χ4n) is 2.93. The Morgan fingerprint density at radius 1 is 1.19 bits per heavy atom. The summed E-state index contributed by atoms with van der Waals surface area (Å²) in [6.07, 6.45) is 7.42. The van der Waals surface area contributed by atoms with E-state index in [1.165, 1.54) is 0 Å². The molecule has 3 heterocycles. The van der Waals surface area contributed by atoms with Gasteiger partial charge in [0.2, 0.25) is 5.65 Å². The van der Waals surface area contributed by atoms with Crippen LogP contribution in [0.3, 0.4) is 0 Å². The van der Waals surface area contributed by atoms with Gasteiger partial charge in [0.15, 0.2) is 5.82 Å². The van der Waals surface area contributed by atoms with Crippen molar-refractivity contribution in [1.29, 1.82) is 0 Å². The largest absolute Gasteiger partial charge is 0.367 e. The lowest BCUT2D eigenvalue weighted by Crippen LogP contribution is -2.09. The van der Waals surface area contributed by atoms with Gasteiger partial charge in [0.1, 0.15) is 5.82 Å². The smallest absolute Gasteiger partial charge is 0.204 e. The predicted molar refractivity (Wildman–Crippen MR) is 104 cm³/mol. The zero-order valence-electron chi connectivity index (χ0n) is 14.1. The second-order valence-electron chi connectivity index (χ2n) is 5.93. The number of rotatable bonds is 6. The summed E-state index contributed by atoms with van der Waals surface area (Å²) in [6.45, 7) is 3.44. The van der Waals surface area contributed by atoms with Crippen LogP contribution in [0.15, 0.2) is 36.9 Å². The Morgan fingerprint density at radius 3 is 2.85 bits per heavy atom. The molecule has 4 aromatic rings. The molecule has 8 heteroatoms. The number of aromatic nitrogens is 6. The monoisotopic (exact) mass is 352 g/mol. The van der Waals surface area contributed by atoms with Gasteiger partial charge in [-0.2, -0.15) is 0 Å². The molecular weight excluding hydrogens is 328 g/mol. The number of hydrogen-bond acceptors (Lipinski definition) is 6. The second kappa shape index (κ2) is 7.49. The van der Waals surface area contributed by atoms with Crippen molar-refractivity contribution in [3.63, 3.8) is 0 Å². The van der Waals surface area contributed by atoms with Crippen LogP contribution in [0.25, 0.3) is 22.4 Å². The van der Waals surface area contributed by atoms with Crippen LogP contribution < -0.4 is 11.1 Å². The minimum Gasteiger partial charge on any atom is -0.367 e. The zero-order chi connectivity index (χ0) is 17.2. The normalized spacial score (nSPS) is 11.0. The minimum atomic E-state index is 0. The summed E-state index contributed by atoms with van der Waals surface area (Å²) in [5.41, 5.74) is 9.17. The Bertz CT molecular complexity index is 1000. The van der Waals surface area contributed by atoms with Crippen molar-refractivity contribution in [2.24, 2.45) is 5.73 Å². The molecule has 0 fully saturated rings. The van der Waals surface area contributed by atoms with Crippen LogP contribution in [-0.2, 0) is 0 Å². The molecule has 0 spiro atoms. The molecule has 0 bridgehead atoms. The van der Waals surface area contributed by atoms with E-state index in [4.69, 9.17) is 10.7 Å². The first kappa shape index (κ1) is 17.8. The number of nitrogens with one attached hydrogen (secondary N) is 1. The third kappa shape index (κ3) is 3.11. The van der Waals surface area contributed by atoms with E-state index in [0.717, 1.165) is 53.4 Å². The van der Waals surface area contributed by atoms with Gasteiger partial charge in [-0.15, -0.1) is 10.2 Å². The van der Waals surface area contributed by atoms with E-state index in [1.54, 1.807) is 12.5 Å². The average Bonchev–Trinajstić information content (AvgIpc) is 3.28. The molecule has 26 heavy (non-hydrogen) atoms. The molecule has 0 aliphatic carbocycles. The van der Waals surface area contributed by atoms with Crippen molar-refractivity contribution in [1.82, 2.24) is 29.1 Å². The van der Waals surface area contributed by atoms with Crippen molar-refractivity contribution in [2.45, 2.75) is 27.2 Å².